The van der Waals surface area contributed by atoms with Crippen LogP contribution >= 0.6 is 0 Å². The fourth-order valence-corrected chi connectivity index (χ4v) is 3.78. The highest BCUT2D eigenvalue weighted by molar-refractivity contribution is 6.05. The molecule has 0 bridgehead atoms. The van der Waals surface area contributed by atoms with Crippen LogP contribution in [0.4, 0.5) is 0 Å². The average Bonchev–Trinajstić information content (AvgIpc) is 2.88. The van der Waals surface area contributed by atoms with Crippen molar-refractivity contribution in [3.05, 3.63) is 22.5 Å². The summed E-state index contributed by atoms with van der Waals surface area (Å²) in [5.41, 5.74) is 2.63. The molecule has 1 aliphatic rings. The zero-order valence-corrected chi connectivity index (χ0v) is 17.3. The van der Waals surface area contributed by atoms with E-state index >= 15 is 0 Å². The molecule has 1 amide bonds. The Hall–Kier alpha value is -1.99. The standard InChI is InChI=1S/C20H32N4O3/c1-12(2)21-17(26)11-23-7-9-24(10-8-23)15(5)20(27)19-13(3)18(16(6)25)14(4)22-19/h12,15,22H,7-11H2,1-6H3,(H,21,26). The van der Waals surface area contributed by atoms with Gasteiger partial charge in [-0.1, -0.05) is 0 Å². The number of hydrogen-bond donors (Lipinski definition) is 2. The molecule has 1 unspecified atom stereocenters. The molecule has 1 aromatic heterocycles. The Balaban J connectivity index is 1.97. The van der Waals surface area contributed by atoms with Crippen molar-refractivity contribution in [2.75, 3.05) is 32.7 Å². The predicted octanol–water partition coefficient (Wildman–Crippen LogP) is 1.55. The average molecular weight is 377 g/mol. The number of aromatic amines is 1. The number of H-pyrrole nitrogens is 1. The zero-order chi connectivity index (χ0) is 20.3. The molecule has 0 spiro atoms. The maximum absolute atomic E-state index is 13.0. The second-order valence-electron chi connectivity index (χ2n) is 7.76. The number of rotatable bonds is 7. The van der Waals surface area contributed by atoms with Crippen molar-refractivity contribution in [2.45, 2.75) is 53.6 Å². The topological polar surface area (TPSA) is 85.5 Å². The lowest BCUT2D eigenvalue weighted by Crippen LogP contribution is -2.53. The van der Waals surface area contributed by atoms with E-state index < -0.39 is 0 Å². The minimum absolute atomic E-state index is 0.00843. The first kappa shape index (κ1) is 21.3. The van der Waals surface area contributed by atoms with Crippen molar-refractivity contribution in [3.8, 4) is 0 Å². The highest BCUT2D eigenvalue weighted by Crippen LogP contribution is 2.21. The van der Waals surface area contributed by atoms with Gasteiger partial charge in [-0.25, -0.2) is 0 Å². The monoisotopic (exact) mass is 376 g/mol. The van der Waals surface area contributed by atoms with Crippen LogP contribution in [0.5, 0.6) is 0 Å². The molecule has 2 rings (SSSR count). The first-order valence-electron chi connectivity index (χ1n) is 9.61. The highest BCUT2D eigenvalue weighted by atomic mass is 16.2. The zero-order valence-electron chi connectivity index (χ0n) is 17.3. The van der Waals surface area contributed by atoms with Gasteiger partial charge in [0.1, 0.15) is 0 Å². The third kappa shape index (κ3) is 5.05. The lowest BCUT2D eigenvalue weighted by Gasteiger charge is -2.37. The van der Waals surface area contributed by atoms with E-state index in [-0.39, 0.29) is 29.6 Å². The molecule has 1 aromatic rings. The molecule has 1 aliphatic heterocycles. The minimum Gasteiger partial charge on any atom is -0.355 e. The maximum Gasteiger partial charge on any atom is 0.234 e. The molecule has 0 aliphatic carbocycles. The van der Waals surface area contributed by atoms with Gasteiger partial charge in [0.2, 0.25) is 5.91 Å². The van der Waals surface area contributed by atoms with Crippen molar-refractivity contribution in [1.29, 1.82) is 0 Å². The SMILES string of the molecule is CC(=O)c1c(C)[nH]c(C(=O)C(C)N2CCN(CC(=O)NC(C)C)CC2)c1C. The van der Waals surface area contributed by atoms with Crippen LogP contribution in [0.2, 0.25) is 0 Å². The minimum atomic E-state index is -0.270. The van der Waals surface area contributed by atoms with Gasteiger partial charge in [-0.3, -0.25) is 24.2 Å². The molecule has 2 N–H and O–H groups in total. The van der Waals surface area contributed by atoms with E-state index in [0.29, 0.717) is 17.8 Å². The van der Waals surface area contributed by atoms with Crippen LogP contribution in [0.25, 0.3) is 0 Å². The summed E-state index contributed by atoms with van der Waals surface area (Å²) in [5.74, 6) is 0.0205. The van der Waals surface area contributed by atoms with Gasteiger partial charge in [-0.15, -0.1) is 0 Å². The van der Waals surface area contributed by atoms with E-state index in [9.17, 15) is 14.4 Å². The molecule has 0 saturated carbocycles. The number of nitrogens with zero attached hydrogens (tertiary/aromatic N) is 2. The summed E-state index contributed by atoms with van der Waals surface area (Å²) in [5, 5.41) is 2.91. The van der Waals surface area contributed by atoms with Crippen molar-refractivity contribution < 1.29 is 14.4 Å². The van der Waals surface area contributed by atoms with Gasteiger partial charge < -0.3 is 10.3 Å². The van der Waals surface area contributed by atoms with E-state index in [1.54, 1.807) is 0 Å². The third-order valence-electron chi connectivity index (χ3n) is 5.19. The molecule has 0 aromatic carbocycles. The summed E-state index contributed by atoms with van der Waals surface area (Å²) in [6.45, 7) is 14.4. The highest BCUT2D eigenvalue weighted by Gasteiger charge is 2.29. The summed E-state index contributed by atoms with van der Waals surface area (Å²) in [6, 6.07) is -0.128. The second kappa shape index (κ2) is 8.80. The molecule has 7 nitrogen and oxygen atoms in total. The number of Topliss-reactive ketones (excluding diaryl/α,β-unsaturated/α-hetero) is 2. The van der Waals surface area contributed by atoms with Crippen LogP contribution in [0, 0.1) is 13.8 Å². The Kier molecular flexibility index (Phi) is 6.95. The number of amides is 1. The lowest BCUT2D eigenvalue weighted by molar-refractivity contribution is -0.123. The summed E-state index contributed by atoms with van der Waals surface area (Å²) < 4.78 is 0. The Morgan fingerprint density at radius 2 is 1.67 bits per heavy atom. The summed E-state index contributed by atoms with van der Waals surface area (Å²) in [4.78, 5) is 44.0. The quantitative estimate of drug-likeness (QED) is 0.705. The number of piperazine rings is 1. The van der Waals surface area contributed by atoms with Crippen molar-refractivity contribution in [1.82, 2.24) is 20.1 Å². The molecular weight excluding hydrogens is 344 g/mol. The molecule has 0 radical (unpaired) electrons. The van der Waals surface area contributed by atoms with Crippen molar-refractivity contribution in [3.63, 3.8) is 0 Å². The molecule has 7 heteroatoms. The number of carbonyl (C=O) groups excluding carboxylic acids is 3. The van der Waals surface area contributed by atoms with E-state index in [2.05, 4.69) is 20.1 Å². The number of ketones is 2. The molecule has 150 valence electrons. The Bertz CT molecular complexity index is 715. The fraction of sp³-hybridized carbons (Fsp3) is 0.650. The van der Waals surface area contributed by atoms with Gasteiger partial charge in [0.15, 0.2) is 11.6 Å². The van der Waals surface area contributed by atoms with Crippen LogP contribution in [-0.2, 0) is 4.79 Å². The van der Waals surface area contributed by atoms with Gasteiger partial charge in [-0.2, -0.15) is 0 Å². The van der Waals surface area contributed by atoms with Crippen LogP contribution in [0.15, 0.2) is 0 Å². The van der Waals surface area contributed by atoms with Gasteiger partial charge in [-0.05, 0) is 47.1 Å². The fourth-order valence-electron chi connectivity index (χ4n) is 3.78. The van der Waals surface area contributed by atoms with Crippen molar-refractivity contribution in [2.24, 2.45) is 0 Å². The van der Waals surface area contributed by atoms with Gasteiger partial charge in [0.05, 0.1) is 18.3 Å². The van der Waals surface area contributed by atoms with Crippen LogP contribution in [-0.4, -0.2) is 77.1 Å². The van der Waals surface area contributed by atoms with Gasteiger partial charge in [0.25, 0.3) is 0 Å². The number of nitrogens with one attached hydrogen (secondary N) is 2. The number of aromatic nitrogens is 1. The molecule has 1 fully saturated rings. The normalized spacial score (nSPS) is 17.1. The summed E-state index contributed by atoms with van der Waals surface area (Å²) >= 11 is 0. The van der Waals surface area contributed by atoms with Gasteiger partial charge in [0, 0.05) is 43.5 Å². The second-order valence-corrected chi connectivity index (χ2v) is 7.76. The Labute approximate surface area is 161 Å². The van der Waals surface area contributed by atoms with Gasteiger partial charge >= 0.3 is 0 Å². The molecular formula is C20H32N4O3. The molecule has 27 heavy (non-hydrogen) atoms. The number of aryl methyl sites for hydroxylation is 1. The van der Waals surface area contributed by atoms with Crippen LogP contribution in [0.3, 0.4) is 0 Å². The summed E-state index contributed by atoms with van der Waals surface area (Å²) in [7, 11) is 0. The summed E-state index contributed by atoms with van der Waals surface area (Å²) in [6.07, 6.45) is 0. The smallest absolute Gasteiger partial charge is 0.234 e. The van der Waals surface area contributed by atoms with E-state index in [4.69, 9.17) is 0 Å². The van der Waals surface area contributed by atoms with E-state index in [1.807, 2.05) is 34.6 Å². The lowest BCUT2D eigenvalue weighted by atomic mass is 10.0. The Morgan fingerprint density at radius 3 is 2.15 bits per heavy atom. The van der Waals surface area contributed by atoms with E-state index in [1.165, 1.54) is 6.92 Å². The van der Waals surface area contributed by atoms with Crippen molar-refractivity contribution >= 4 is 17.5 Å². The van der Waals surface area contributed by atoms with E-state index in [0.717, 1.165) is 37.4 Å². The molecule has 1 atom stereocenters. The maximum atomic E-state index is 13.0. The first-order chi connectivity index (χ1) is 12.6. The van der Waals surface area contributed by atoms with Crippen LogP contribution in [0.1, 0.15) is 59.8 Å². The molecule has 2 heterocycles. The molecule has 1 saturated heterocycles. The largest absolute Gasteiger partial charge is 0.355 e. The first-order valence-corrected chi connectivity index (χ1v) is 9.61. The predicted molar refractivity (Wildman–Crippen MR) is 105 cm³/mol. The number of hydrogen-bond acceptors (Lipinski definition) is 5. The van der Waals surface area contributed by atoms with Crippen LogP contribution < -0.4 is 5.32 Å². The third-order valence-corrected chi connectivity index (χ3v) is 5.19. The number of carbonyl (C=O) groups is 3. The Morgan fingerprint density at radius 1 is 1.07 bits per heavy atom.